The van der Waals surface area contributed by atoms with Gasteiger partial charge in [-0.3, -0.25) is 4.68 Å². The summed E-state index contributed by atoms with van der Waals surface area (Å²) in [7, 11) is 1.93. The Labute approximate surface area is 116 Å². The summed E-state index contributed by atoms with van der Waals surface area (Å²) in [5.41, 5.74) is 3.12. The van der Waals surface area contributed by atoms with Crippen molar-refractivity contribution in [3.63, 3.8) is 0 Å². The van der Waals surface area contributed by atoms with Crippen LogP contribution < -0.4 is 5.32 Å². The highest BCUT2D eigenvalue weighted by Gasteiger charge is 2.23. The first kappa shape index (κ1) is 12.7. The molecule has 0 saturated heterocycles. The van der Waals surface area contributed by atoms with Crippen LogP contribution in [0.3, 0.4) is 0 Å². The quantitative estimate of drug-likeness (QED) is 0.912. The molecule has 1 atom stereocenters. The molecule has 1 aromatic heterocycles. The van der Waals surface area contributed by atoms with E-state index in [2.05, 4.69) is 10.4 Å². The predicted octanol–water partition coefficient (Wildman–Crippen LogP) is 2.92. The number of hydrogen-bond acceptors (Lipinski definition) is 3. The van der Waals surface area contributed by atoms with E-state index < -0.39 is 0 Å². The lowest BCUT2D eigenvalue weighted by Gasteiger charge is -2.25. The highest BCUT2D eigenvalue weighted by Crippen LogP contribution is 2.32. The highest BCUT2D eigenvalue weighted by atomic mass is 19.1. The number of rotatable bonds is 2. The molecule has 0 amide bonds. The van der Waals surface area contributed by atoms with Crippen molar-refractivity contribution >= 4 is 5.69 Å². The zero-order chi connectivity index (χ0) is 14.1. The number of anilines is 1. The Balaban J connectivity index is 1.88. The molecule has 0 fully saturated rings. The van der Waals surface area contributed by atoms with Crippen LogP contribution in [0.2, 0.25) is 0 Å². The van der Waals surface area contributed by atoms with Crippen molar-refractivity contribution in [1.82, 2.24) is 9.78 Å². The minimum Gasteiger partial charge on any atom is -0.376 e. The van der Waals surface area contributed by atoms with E-state index in [1.807, 2.05) is 24.0 Å². The Morgan fingerprint density at radius 2 is 2.35 bits per heavy atom. The number of nitrogens with zero attached hydrogens (tertiary/aromatic N) is 3. The summed E-state index contributed by atoms with van der Waals surface area (Å²) in [6, 6.07) is 6.52. The van der Waals surface area contributed by atoms with Gasteiger partial charge in [0.2, 0.25) is 0 Å². The molecule has 5 heteroatoms. The van der Waals surface area contributed by atoms with Crippen molar-refractivity contribution in [2.45, 2.75) is 25.3 Å². The molecule has 4 nitrogen and oxygen atoms in total. The van der Waals surface area contributed by atoms with Gasteiger partial charge in [-0.25, -0.2) is 4.39 Å². The van der Waals surface area contributed by atoms with Crippen LogP contribution in [-0.4, -0.2) is 9.78 Å². The van der Waals surface area contributed by atoms with Crippen LogP contribution >= 0.6 is 0 Å². The van der Waals surface area contributed by atoms with E-state index in [1.54, 1.807) is 12.1 Å². The topological polar surface area (TPSA) is 53.6 Å². The molecule has 3 rings (SSSR count). The Hall–Kier alpha value is -2.35. The first-order chi connectivity index (χ1) is 9.69. The lowest BCUT2D eigenvalue weighted by atomic mass is 9.92. The summed E-state index contributed by atoms with van der Waals surface area (Å²) >= 11 is 0. The number of benzene rings is 1. The van der Waals surface area contributed by atoms with Crippen LogP contribution in [0.25, 0.3) is 0 Å². The Morgan fingerprint density at radius 1 is 1.50 bits per heavy atom. The van der Waals surface area contributed by atoms with Crippen LogP contribution in [0, 0.1) is 17.1 Å². The maximum absolute atomic E-state index is 13.9. The summed E-state index contributed by atoms with van der Waals surface area (Å²) in [5, 5.41) is 16.3. The van der Waals surface area contributed by atoms with Gasteiger partial charge in [0.1, 0.15) is 5.82 Å². The molecule has 0 bridgehead atoms. The highest BCUT2D eigenvalue weighted by molar-refractivity contribution is 5.50. The molecule has 2 aromatic rings. The first-order valence-corrected chi connectivity index (χ1v) is 6.66. The van der Waals surface area contributed by atoms with Crippen molar-refractivity contribution in [2.24, 2.45) is 7.05 Å². The zero-order valence-electron chi connectivity index (χ0n) is 11.2. The van der Waals surface area contributed by atoms with Crippen molar-refractivity contribution in [2.75, 3.05) is 5.32 Å². The Bertz CT molecular complexity index is 684. The predicted molar refractivity (Wildman–Crippen MR) is 73.6 cm³/mol. The summed E-state index contributed by atoms with van der Waals surface area (Å²) in [6.45, 7) is 0. The number of aryl methyl sites for hydroxylation is 1. The van der Waals surface area contributed by atoms with E-state index >= 15 is 0 Å². The number of halogens is 1. The lowest BCUT2D eigenvalue weighted by molar-refractivity contribution is 0.564. The minimum absolute atomic E-state index is 0.0786. The molecule has 1 N–H and O–H groups in total. The van der Waals surface area contributed by atoms with Crippen LogP contribution in [0.4, 0.5) is 10.1 Å². The van der Waals surface area contributed by atoms with Crippen molar-refractivity contribution in [3.8, 4) is 6.07 Å². The Morgan fingerprint density at radius 3 is 3.10 bits per heavy atom. The normalized spacial score (nSPS) is 17.4. The van der Waals surface area contributed by atoms with Gasteiger partial charge in [0.25, 0.3) is 0 Å². The molecule has 1 aromatic carbocycles. The van der Waals surface area contributed by atoms with Crippen LogP contribution in [0.5, 0.6) is 0 Å². The van der Waals surface area contributed by atoms with Crippen molar-refractivity contribution in [1.29, 1.82) is 5.26 Å². The fraction of sp³-hybridized carbons (Fsp3) is 0.333. The molecule has 0 saturated carbocycles. The second kappa shape index (κ2) is 4.97. The van der Waals surface area contributed by atoms with E-state index in [-0.39, 0.29) is 11.9 Å². The van der Waals surface area contributed by atoms with Crippen LogP contribution in [0.15, 0.2) is 24.4 Å². The molecule has 1 aliphatic carbocycles. The molecule has 1 heterocycles. The van der Waals surface area contributed by atoms with E-state index in [4.69, 9.17) is 5.26 Å². The molecule has 0 spiro atoms. The third-order valence-electron chi connectivity index (χ3n) is 3.80. The summed E-state index contributed by atoms with van der Waals surface area (Å²) in [5.74, 6) is -0.389. The van der Waals surface area contributed by atoms with Crippen LogP contribution in [0.1, 0.15) is 35.7 Å². The lowest BCUT2D eigenvalue weighted by Crippen LogP contribution is -2.18. The van der Waals surface area contributed by atoms with Crippen molar-refractivity contribution in [3.05, 3.63) is 47.0 Å². The SMILES string of the molecule is Cn1ncc2c1CCCC2Nc1ccc(C#N)cc1F. The molecule has 0 aliphatic heterocycles. The maximum Gasteiger partial charge on any atom is 0.147 e. The number of aromatic nitrogens is 2. The molecule has 20 heavy (non-hydrogen) atoms. The minimum atomic E-state index is -0.389. The largest absolute Gasteiger partial charge is 0.376 e. The van der Waals surface area contributed by atoms with E-state index in [9.17, 15) is 4.39 Å². The van der Waals surface area contributed by atoms with Gasteiger partial charge >= 0.3 is 0 Å². The molecule has 1 unspecified atom stereocenters. The standard InChI is InChI=1S/C15H15FN4/c1-20-15-4-2-3-13(11(15)9-18-20)19-14-6-5-10(8-17)7-12(14)16/h5-7,9,13,19H,2-4H2,1H3. The van der Waals surface area contributed by atoms with Gasteiger partial charge in [-0.05, 0) is 37.5 Å². The smallest absolute Gasteiger partial charge is 0.147 e. The monoisotopic (exact) mass is 270 g/mol. The second-order valence-electron chi connectivity index (χ2n) is 5.07. The maximum atomic E-state index is 13.9. The molecule has 1 aliphatic rings. The van der Waals surface area contributed by atoms with E-state index in [1.165, 1.54) is 11.8 Å². The van der Waals surface area contributed by atoms with Gasteiger partial charge < -0.3 is 5.32 Å². The third-order valence-corrected chi connectivity index (χ3v) is 3.80. The Kier molecular flexibility index (Phi) is 3.15. The van der Waals surface area contributed by atoms with E-state index in [0.29, 0.717) is 11.3 Å². The summed E-state index contributed by atoms with van der Waals surface area (Å²) in [6.07, 6.45) is 4.88. The zero-order valence-corrected chi connectivity index (χ0v) is 11.2. The molecule has 102 valence electrons. The fourth-order valence-electron chi connectivity index (χ4n) is 2.75. The molecular formula is C15H15FN4. The van der Waals surface area contributed by atoms with Gasteiger partial charge in [0.15, 0.2) is 0 Å². The fourth-order valence-corrected chi connectivity index (χ4v) is 2.75. The first-order valence-electron chi connectivity index (χ1n) is 6.66. The van der Waals surface area contributed by atoms with E-state index in [0.717, 1.165) is 24.8 Å². The summed E-state index contributed by atoms with van der Waals surface area (Å²) < 4.78 is 15.8. The van der Waals surface area contributed by atoms with Gasteiger partial charge in [-0.15, -0.1) is 0 Å². The third kappa shape index (κ3) is 2.14. The average molecular weight is 270 g/mol. The van der Waals surface area contributed by atoms with Gasteiger partial charge in [-0.1, -0.05) is 0 Å². The average Bonchev–Trinajstić information content (AvgIpc) is 2.84. The second-order valence-corrected chi connectivity index (χ2v) is 5.07. The molecular weight excluding hydrogens is 255 g/mol. The van der Waals surface area contributed by atoms with Gasteiger partial charge in [-0.2, -0.15) is 10.4 Å². The van der Waals surface area contributed by atoms with Crippen LogP contribution in [-0.2, 0) is 13.5 Å². The summed E-state index contributed by atoms with van der Waals surface area (Å²) in [4.78, 5) is 0. The van der Waals surface area contributed by atoms with Gasteiger partial charge in [0.05, 0.1) is 29.6 Å². The number of fused-ring (bicyclic) bond motifs is 1. The number of nitrogens with one attached hydrogen (secondary N) is 1. The number of nitriles is 1. The van der Waals surface area contributed by atoms with Gasteiger partial charge in [0, 0.05) is 18.3 Å². The number of hydrogen-bond donors (Lipinski definition) is 1. The molecule has 0 radical (unpaired) electrons. The van der Waals surface area contributed by atoms with Crippen molar-refractivity contribution < 1.29 is 4.39 Å².